The first-order chi connectivity index (χ1) is 31.3. The van der Waals surface area contributed by atoms with E-state index in [4.69, 9.17) is 46.4 Å². The Bertz CT molecular complexity index is 2560. The Morgan fingerprint density at radius 2 is 0.909 bits per heavy atom. The van der Waals surface area contributed by atoms with Gasteiger partial charge in [-0.1, -0.05) is 61.3 Å². The molecule has 0 saturated heterocycles. The fraction of sp³-hybridized carbons (Fsp3) is 0.250. The minimum absolute atomic E-state index is 0.126. The van der Waals surface area contributed by atoms with Gasteiger partial charge in [0.15, 0.2) is 11.6 Å². The minimum Gasteiger partial charge on any atom is -0.323 e. The Kier molecular flexibility index (Phi) is 17.8. The fourth-order valence-corrected chi connectivity index (χ4v) is 7.19. The molecule has 0 bridgehead atoms. The molecule has 14 nitrogen and oxygen atoms in total. The third-order valence-electron chi connectivity index (χ3n) is 9.95. The summed E-state index contributed by atoms with van der Waals surface area (Å²) < 4.78 is 0. The Morgan fingerprint density at radius 3 is 1.24 bits per heavy atom. The van der Waals surface area contributed by atoms with E-state index in [1.165, 1.54) is 50.2 Å². The lowest BCUT2D eigenvalue weighted by Gasteiger charge is -2.18. The quantitative estimate of drug-likeness (QED) is 0.0382. The smallest absolute Gasteiger partial charge is 0.258 e. The van der Waals surface area contributed by atoms with Crippen LogP contribution in [0.15, 0.2) is 118 Å². The van der Waals surface area contributed by atoms with E-state index in [2.05, 4.69) is 41.7 Å². The number of benzene rings is 5. The molecule has 4 amide bonds. The number of amides is 4. The SMILES string of the molecule is CCc1cc(NC(=O)C(N=Nc2cc(Cl)cc(C(=O)Nc3cccc(C(C)Cl)c3)c2)C(C)=O)c(CC)cc1NC(=O)C(N=Nc1cc(Cl)cc(C(=O)Nc2cccc(C(C)Cl)c2)c1)C(C)=O. The van der Waals surface area contributed by atoms with Gasteiger partial charge >= 0.3 is 0 Å². The first-order valence-electron chi connectivity index (χ1n) is 20.7. The maximum Gasteiger partial charge on any atom is 0.258 e. The molecule has 0 aliphatic rings. The van der Waals surface area contributed by atoms with Crippen LogP contribution in [-0.4, -0.2) is 47.3 Å². The van der Waals surface area contributed by atoms with Gasteiger partial charge in [-0.25, -0.2) is 0 Å². The average Bonchev–Trinajstić information content (AvgIpc) is 3.26. The zero-order valence-electron chi connectivity index (χ0n) is 36.7. The largest absolute Gasteiger partial charge is 0.323 e. The number of aryl methyl sites for hydroxylation is 2. The molecule has 4 unspecified atom stereocenters. The summed E-state index contributed by atoms with van der Waals surface area (Å²) in [5.74, 6) is -3.73. The number of rotatable bonds is 18. The number of nitrogens with zero attached hydrogens (tertiary/aromatic N) is 4. The van der Waals surface area contributed by atoms with Crippen LogP contribution >= 0.6 is 46.4 Å². The highest BCUT2D eigenvalue weighted by atomic mass is 35.5. The number of carbonyl (C=O) groups is 6. The molecular formula is C48H46Cl4N8O6. The van der Waals surface area contributed by atoms with Crippen molar-refractivity contribution in [1.29, 1.82) is 0 Å². The maximum absolute atomic E-state index is 13.6. The normalized spacial score (nSPS) is 13.1. The van der Waals surface area contributed by atoms with Crippen molar-refractivity contribution in [2.24, 2.45) is 20.5 Å². The third kappa shape index (κ3) is 13.8. The molecule has 18 heteroatoms. The third-order valence-corrected chi connectivity index (χ3v) is 10.9. The number of ketones is 2. The van der Waals surface area contributed by atoms with Gasteiger partial charge < -0.3 is 21.3 Å². The highest BCUT2D eigenvalue weighted by Crippen LogP contribution is 2.30. The molecule has 0 spiro atoms. The summed E-state index contributed by atoms with van der Waals surface area (Å²) in [7, 11) is 0. The number of carbonyl (C=O) groups excluding carboxylic acids is 6. The van der Waals surface area contributed by atoms with Crippen molar-refractivity contribution in [3.8, 4) is 0 Å². The van der Waals surface area contributed by atoms with E-state index in [1.807, 2.05) is 39.8 Å². The van der Waals surface area contributed by atoms with Gasteiger partial charge in [0.1, 0.15) is 0 Å². The summed E-state index contributed by atoms with van der Waals surface area (Å²) in [6, 6.07) is 22.9. The van der Waals surface area contributed by atoms with Crippen LogP contribution in [0.4, 0.5) is 34.1 Å². The minimum atomic E-state index is -1.57. The molecular weight excluding hydrogens is 926 g/mol. The molecule has 0 aliphatic carbocycles. The van der Waals surface area contributed by atoms with E-state index < -0.39 is 47.3 Å². The summed E-state index contributed by atoms with van der Waals surface area (Å²) in [6.07, 6.45) is 0.768. The summed E-state index contributed by atoms with van der Waals surface area (Å²) >= 11 is 25.0. The van der Waals surface area contributed by atoms with Crippen LogP contribution in [0, 0.1) is 0 Å². The highest BCUT2D eigenvalue weighted by Gasteiger charge is 2.27. The van der Waals surface area contributed by atoms with Crippen LogP contribution in [0.2, 0.25) is 10.0 Å². The number of halogens is 4. The number of nitrogens with one attached hydrogen (secondary N) is 4. The second kappa shape index (κ2) is 23.2. The molecule has 342 valence electrons. The van der Waals surface area contributed by atoms with Crippen LogP contribution in [0.5, 0.6) is 0 Å². The molecule has 4 atom stereocenters. The van der Waals surface area contributed by atoms with Crippen molar-refractivity contribution < 1.29 is 28.8 Å². The van der Waals surface area contributed by atoms with Crippen molar-refractivity contribution in [3.63, 3.8) is 0 Å². The Hall–Kier alpha value is -6.32. The van der Waals surface area contributed by atoms with Gasteiger partial charge in [-0.05, 0) is 136 Å². The van der Waals surface area contributed by atoms with Crippen molar-refractivity contribution >= 4 is 116 Å². The number of Topliss-reactive ketones (excluding diaryl/α,β-unsaturated/α-hetero) is 2. The second-order valence-electron chi connectivity index (χ2n) is 15.1. The van der Waals surface area contributed by atoms with Gasteiger partial charge in [-0.3, -0.25) is 28.8 Å². The van der Waals surface area contributed by atoms with Crippen molar-refractivity contribution in [2.45, 2.75) is 77.2 Å². The van der Waals surface area contributed by atoms with Crippen LogP contribution in [0.1, 0.15) is 95.3 Å². The molecule has 0 aliphatic heterocycles. The lowest BCUT2D eigenvalue weighted by atomic mass is 10.0. The van der Waals surface area contributed by atoms with Crippen LogP contribution < -0.4 is 21.3 Å². The van der Waals surface area contributed by atoms with Gasteiger partial charge in [-0.15, -0.1) is 23.2 Å². The molecule has 4 N–H and O–H groups in total. The van der Waals surface area contributed by atoms with Crippen molar-refractivity contribution in [2.75, 3.05) is 21.3 Å². The Labute approximate surface area is 402 Å². The molecule has 0 aromatic heterocycles. The Morgan fingerprint density at radius 1 is 0.530 bits per heavy atom. The van der Waals surface area contributed by atoms with E-state index >= 15 is 0 Å². The molecule has 5 aromatic carbocycles. The van der Waals surface area contributed by atoms with Gasteiger partial charge in [0.2, 0.25) is 12.1 Å². The van der Waals surface area contributed by atoms with Crippen LogP contribution in [-0.2, 0) is 32.0 Å². The predicted molar refractivity (Wildman–Crippen MR) is 261 cm³/mol. The number of hydrogen-bond acceptors (Lipinski definition) is 10. The molecule has 0 saturated carbocycles. The van der Waals surface area contributed by atoms with E-state index in [9.17, 15) is 28.8 Å². The van der Waals surface area contributed by atoms with Crippen LogP contribution in [0.25, 0.3) is 0 Å². The molecule has 5 aromatic rings. The van der Waals surface area contributed by atoms with Gasteiger partial charge in [0, 0.05) is 43.9 Å². The Balaban J connectivity index is 1.30. The molecule has 5 rings (SSSR count). The van der Waals surface area contributed by atoms with Gasteiger partial charge in [0.25, 0.3) is 23.6 Å². The van der Waals surface area contributed by atoms with E-state index in [0.29, 0.717) is 46.7 Å². The molecule has 66 heavy (non-hydrogen) atoms. The zero-order chi connectivity index (χ0) is 48.2. The zero-order valence-corrected chi connectivity index (χ0v) is 39.7. The molecule has 0 radical (unpaired) electrons. The van der Waals surface area contributed by atoms with E-state index in [1.54, 1.807) is 48.5 Å². The molecule has 0 fully saturated rings. The van der Waals surface area contributed by atoms with Crippen LogP contribution in [0.3, 0.4) is 0 Å². The van der Waals surface area contributed by atoms with Gasteiger partial charge in [-0.2, -0.15) is 20.5 Å². The first kappa shape index (κ1) is 50.7. The highest BCUT2D eigenvalue weighted by molar-refractivity contribution is 6.32. The summed E-state index contributed by atoms with van der Waals surface area (Å²) in [5.41, 5.74) is 5.13. The van der Waals surface area contributed by atoms with E-state index in [0.717, 1.165) is 11.1 Å². The lowest BCUT2D eigenvalue weighted by molar-refractivity contribution is -0.127. The topological polar surface area (TPSA) is 200 Å². The number of alkyl halides is 2. The monoisotopic (exact) mass is 970 g/mol. The molecule has 0 heterocycles. The van der Waals surface area contributed by atoms with Crippen molar-refractivity contribution in [1.82, 2.24) is 0 Å². The van der Waals surface area contributed by atoms with Gasteiger partial charge in [0.05, 0.1) is 22.1 Å². The van der Waals surface area contributed by atoms with Crippen molar-refractivity contribution in [3.05, 3.63) is 140 Å². The average molecular weight is 973 g/mol. The number of anilines is 4. The summed E-state index contributed by atoms with van der Waals surface area (Å²) in [5, 5.41) is 27.2. The number of hydrogen-bond donors (Lipinski definition) is 4. The summed E-state index contributed by atoms with van der Waals surface area (Å²) in [4.78, 5) is 79.1. The fourth-order valence-electron chi connectivity index (χ4n) is 6.45. The summed E-state index contributed by atoms with van der Waals surface area (Å²) in [6.45, 7) is 9.68. The van der Waals surface area contributed by atoms with E-state index in [-0.39, 0.29) is 43.3 Å². The standard InChI is InChI=1S/C48H46Cl4N8O6/c1-7-29-21-42(56-48(66)44(28(6)62)60-58-40-20-34(16-36(52)24-40)46(64)54-38-14-10-12-32(18-38)26(4)50)30(8-2)22-41(29)55-47(65)43(27(5)61)59-57-39-19-33(15-35(51)23-39)45(63)53-37-13-9-11-31(17-37)25(3)49/h9-26,43-44H,7-8H2,1-6H3,(H,53,63)(H,54,64)(H,55,65)(H,56,66). The number of azo groups is 2. The maximum atomic E-state index is 13.6. The lowest BCUT2D eigenvalue weighted by Crippen LogP contribution is -2.33. The second-order valence-corrected chi connectivity index (χ2v) is 17.3. The first-order valence-corrected chi connectivity index (χ1v) is 22.3. The predicted octanol–water partition coefficient (Wildman–Crippen LogP) is 12.6.